The third-order valence-corrected chi connectivity index (χ3v) is 3.27. The van der Waals surface area contributed by atoms with E-state index < -0.39 is 0 Å². The van der Waals surface area contributed by atoms with Gasteiger partial charge in [-0.05, 0) is 30.9 Å². The Morgan fingerprint density at radius 3 is 2.83 bits per heavy atom. The standard InChI is InChI=1S/C15H18N2O/c16-10-4-8-13-7-1-2-9-14(13)15(18)17-11-12-5-3-6-12/h1-2,7,9,12H,3,5-6,10-11,16H2,(H,17,18). The average molecular weight is 242 g/mol. The molecule has 1 aromatic rings. The highest BCUT2D eigenvalue weighted by Gasteiger charge is 2.18. The van der Waals surface area contributed by atoms with Gasteiger partial charge in [0, 0.05) is 12.1 Å². The minimum Gasteiger partial charge on any atom is -0.352 e. The predicted molar refractivity (Wildman–Crippen MR) is 72.0 cm³/mol. The van der Waals surface area contributed by atoms with Crippen LogP contribution in [-0.4, -0.2) is 19.0 Å². The van der Waals surface area contributed by atoms with Crippen LogP contribution in [0.5, 0.6) is 0 Å². The Labute approximate surface area is 108 Å². The number of carbonyl (C=O) groups is 1. The van der Waals surface area contributed by atoms with E-state index in [-0.39, 0.29) is 5.91 Å². The van der Waals surface area contributed by atoms with Crippen molar-refractivity contribution in [2.24, 2.45) is 11.7 Å². The lowest BCUT2D eigenvalue weighted by Crippen LogP contribution is -2.32. The maximum Gasteiger partial charge on any atom is 0.252 e. The normalized spacial score (nSPS) is 14.3. The van der Waals surface area contributed by atoms with Gasteiger partial charge in [-0.1, -0.05) is 30.4 Å². The highest BCUT2D eigenvalue weighted by atomic mass is 16.1. The molecular weight excluding hydrogens is 224 g/mol. The van der Waals surface area contributed by atoms with E-state index in [4.69, 9.17) is 5.73 Å². The van der Waals surface area contributed by atoms with Crippen LogP contribution < -0.4 is 11.1 Å². The molecule has 3 N–H and O–H groups in total. The summed E-state index contributed by atoms with van der Waals surface area (Å²) in [4.78, 5) is 12.1. The molecule has 3 nitrogen and oxygen atoms in total. The molecule has 0 bridgehead atoms. The van der Waals surface area contributed by atoms with Gasteiger partial charge in [0.05, 0.1) is 12.1 Å². The van der Waals surface area contributed by atoms with Gasteiger partial charge in [0.2, 0.25) is 0 Å². The SMILES string of the molecule is NCC#Cc1ccccc1C(=O)NCC1CCC1. The summed E-state index contributed by atoms with van der Waals surface area (Å²) >= 11 is 0. The second kappa shape index (κ2) is 6.23. The fraction of sp³-hybridized carbons (Fsp3) is 0.400. The largest absolute Gasteiger partial charge is 0.352 e. The van der Waals surface area contributed by atoms with Crippen molar-refractivity contribution in [1.29, 1.82) is 0 Å². The lowest BCUT2D eigenvalue weighted by molar-refractivity contribution is 0.0939. The second-order valence-electron chi connectivity index (χ2n) is 4.56. The van der Waals surface area contributed by atoms with Crippen LogP contribution in [0.2, 0.25) is 0 Å². The van der Waals surface area contributed by atoms with Gasteiger partial charge in [-0.3, -0.25) is 4.79 Å². The number of rotatable bonds is 3. The van der Waals surface area contributed by atoms with Gasteiger partial charge >= 0.3 is 0 Å². The van der Waals surface area contributed by atoms with E-state index in [1.807, 2.05) is 18.2 Å². The Morgan fingerprint density at radius 1 is 1.39 bits per heavy atom. The number of amides is 1. The van der Waals surface area contributed by atoms with Crippen LogP contribution in [0.1, 0.15) is 35.2 Å². The summed E-state index contributed by atoms with van der Waals surface area (Å²) in [6.45, 7) is 1.08. The molecule has 0 radical (unpaired) electrons. The average Bonchev–Trinajstić information content (AvgIpc) is 2.34. The maximum atomic E-state index is 12.1. The van der Waals surface area contributed by atoms with Gasteiger partial charge in [-0.2, -0.15) is 0 Å². The molecule has 0 aliphatic heterocycles. The Kier molecular flexibility index (Phi) is 4.38. The number of hydrogen-bond acceptors (Lipinski definition) is 2. The fourth-order valence-electron chi connectivity index (χ4n) is 1.97. The molecule has 1 saturated carbocycles. The minimum absolute atomic E-state index is 0.0381. The molecule has 0 atom stereocenters. The molecule has 1 amide bonds. The highest BCUT2D eigenvalue weighted by molar-refractivity contribution is 5.96. The van der Waals surface area contributed by atoms with Gasteiger partial charge in [0.25, 0.3) is 5.91 Å². The van der Waals surface area contributed by atoms with Crippen molar-refractivity contribution in [3.8, 4) is 11.8 Å². The first-order valence-corrected chi connectivity index (χ1v) is 6.37. The molecular formula is C15H18N2O. The van der Waals surface area contributed by atoms with E-state index >= 15 is 0 Å². The van der Waals surface area contributed by atoms with Crippen molar-refractivity contribution >= 4 is 5.91 Å². The molecule has 94 valence electrons. The van der Waals surface area contributed by atoms with Gasteiger partial charge in [-0.25, -0.2) is 0 Å². The zero-order valence-corrected chi connectivity index (χ0v) is 10.4. The molecule has 1 aliphatic carbocycles. The van der Waals surface area contributed by atoms with E-state index in [0.29, 0.717) is 18.0 Å². The molecule has 1 aliphatic rings. The third kappa shape index (κ3) is 3.12. The predicted octanol–water partition coefficient (Wildman–Crippen LogP) is 1.53. The zero-order chi connectivity index (χ0) is 12.8. The Bertz CT molecular complexity index is 481. The molecule has 0 saturated heterocycles. The first kappa shape index (κ1) is 12.7. The minimum atomic E-state index is -0.0381. The van der Waals surface area contributed by atoms with Gasteiger partial charge < -0.3 is 11.1 Å². The maximum absolute atomic E-state index is 12.1. The molecule has 2 rings (SSSR count). The molecule has 1 aromatic carbocycles. The Morgan fingerprint density at radius 2 is 2.17 bits per heavy atom. The van der Waals surface area contributed by atoms with Crippen molar-refractivity contribution in [2.45, 2.75) is 19.3 Å². The molecule has 0 aromatic heterocycles. The van der Waals surface area contributed by atoms with E-state index in [9.17, 15) is 4.79 Å². The van der Waals surface area contributed by atoms with Crippen molar-refractivity contribution in [3.63, 3.8) is 0 Å². The summed E-state index contributed by atoms with van der Waals surface area (Å²) in [5.41, 5.74) is 6.73. The van der Waals surface area contributed by atoms with Crippen LogP contribution in [0.4, 0.5) is 0 Å². The molecule has 3 heteroatoms. The van der Waals surface area contributed by atoms with Crippen molar-refractivity contribution in [2.75, 3.05) is 13.1 Å². The molecule has 1 fully saturated rings. The number of nitrogens with two attached hydrogens (primary N) is 1. The Hall–Kier alpha value is -1.79. The van der Waals surface area contributed by atoms with Gasteiger partial charge in [-0.15, -0.1) is 0 Å². The van der Waals surface area contributed by atoms with E-state index in [1.54, 1.807) is 6.07 Å². The first-order chi connectivity index (χ1) is 8.81. The Balaban J connectivity index is 2.03. The van der Waals surface area contributed by atoms with Crippen LogP contribution in [0.15, 0.2) is 24.3 Å². The van der Waals surface area contributed by atoms with Crippen molar-refractivity contribution < 1.29 is 4.79 Å². The van der Waals surface area contributed by atoms with E-state index in [0.717, 1.165) is 12.1 Å². The highest BCUT2D eigenvalue weighted by Crippen LogP contribution is 2.25. The molecule has 0 spiro atoms. The van der Waals surface area contributed by atoms with Crippen LogP contribution in [-0.2, 0) is 0 Å². The van der Waals surface area contributed by atoms with Crippen molar-refractivity contribution in [3.05, 3.63) is 35.4 Å². The van der Waals surface area contributed by atoms with Crippen LogP contribution >= 0.6 is 0 Å². The van der Waals surface area contributed by atoms with Gasteiger partial charge in [0.1, 0.15) is 0 Å². The zero-order valence-electron chi connectivity index (χ0n) is 10.4. The van der Waals surface area contributed by atoms with E-state index in [1.165, 1.54) is 19.3 Å². The monoisotopic (exact) mass is 242 g/mol. The fourth-order valence-corrected chi connectivity index (χ4v) is 1.97. The summed E-state index contributed by atoms with van der Waals surface area (Å²) in [7, 11) is 0. The van der Waals surface area contributed by atoms with E-state index in [2.05, 4.69) is 17.2 Å². The molecule has 18 heavy (non-hydrogen) atoms. The third-order valence-electron chi connectivity index (χ3n) is 3.27. The smallest absolute Gasteiger partial charge is 0.252 e. The quantitative estimate of drug-likeness (QED) is 0.790. The molecule has 0 heterocycles. The number of hydrogen-bond donors (Lipinski definition) is 2. The van der Waals surface area contributed by atoms with Crippen molar-refractivity contribution in [1.82, 2.24) is 5.32 Å². The summed E-state index contributed by atoms with van der Waals surface area (Å²) in [5, 5.41) is 2.98. The number of carbonyl (C=O) groups excluding carboxylic acids is 1. The van der Waals surface area contributed by atoms with Crippen LogP contribution in [0, 0.1) is 17.8 Å². The summed E-state index contributed by atoms with van der Waals surface area (Å²) in [6.07, 6.45) is 3.75. The lowest BCUT2D eigenvalue weighted by atomic mass is 9.85. The second-order valence-corrected chi connectivity index (χ2v) is 4.56. The number of nitrogens with one attached hydrogen (secondary N) is 1. The lowest BCUT2D eigenvalue weighted by Gasteiger charge is -2.25. The first-order valence-electron chi connectivity index (χ1n) is 6.37. The summed E-state index contributed by atoms with van der Waals surface area (Å²) < 4.78 is 0. The number of benzene rings is 1. The van der Waals surface area contributed by atoms with Crippen LogP contribution in [0.3, 0.4) is 0 Å². The summed E-state index contributed by atoms with van der Waals surface area (Å²) in [5.74, 6) is 6.34. The topological polar surface area (TPSA) is 55.1 Å². The summed E-state index contributed by atoms with van der Waals surface area (Å²) in [6, 6.07) is 7.38. The molecule has 0 unspecified atom stereocenters. The van der Waals surface area contributed by atoms with Gasteiger partial charge in [0.15, 0.2) is 0 Å². The van der Waals surface area contributed by atoms with Crippen LogP contribution in [0.25, 0.3) is 0 Å².